The van der Waals surface area contributed by atoms with E-state index in [1.54, 1.807) is 24.5 Å². The van der Waals surface area contributed by atoms with Crippen molar-refractivity contribution in [3.05, 3.63) is 83.1 Å². The summed E-state index contributed by atoms with van der Waals surface area (Å²) in [6, 6.07) is 14.0. The number of furan rings is 1. The molecule has 8 heteroatoms. The number of para-hydroxylation sites is 1. The third kappa shape index (κ3) is 5.13. The zero-order valence-corrected chi connectivity index (χ0v) is 20.0. The molecule has 1 atom stereocenters. The van der Waals surface area contributed by atoms with Gasteiger partial charge in [-0.05, 0) is 56.2 Å². The third-order valence-electron chi connectivity index (χ3n) is 6.16. The number of sulfonamides is 1. The van der Waals surface area contributed by atoms with E-state index in [9.17, 15) is 12.8 Å². The smallest absolute Gasteiger partial charge is 0.241 e. The molecule has 0 saturated carbocycles. The zero-order chi connectivity index (χ0) is 23.6. The van der Waals surface area contributed by atoms with Crippen LogP contribution in [-0.4, -0.2) is 46.0 Å². The Morgan fingerprint density at radius 3 is 2.27 bits per heavy atom. The van der Waals surface area contributed by atoms with Gasteiger partial charge in [0.2, 0.25) is 10.0 Å². The van der Waals surface area contributed by atoms with Crippen LogP contribution in [0.15, 0.2) is 64.1 Å². The van der Waals surface area contributed by atoms with E-state index in [0.29, 0.717) is 42.5 Å². The van der Waals surface area contributed by atoms with Crippen molar-refractivity contribution in [1.29, 1.82) is 0 Å². The van der Waals surface area contributed by atoms with Crippen LogP contribution in [0.3, 0.4) is 0 Å². The van der Waals surface area contributed by atoms with Crippen molar-refractivity contribution in [2.24, 2.45) is 0 Å². The summed E-state index contributed by atoms with van der Waals surface area (Å²) >= 11 is 0. The van der Waals surface area contributed by atoms with Gasteiger partial charge in [0.15, 0.2) is 0 Å². The minimum Gasteiger partial charge on any atom is -0.468 e. The summed E-state index contributed by atoms with van der Waals surface area (Å²) in [6.45, 7) is 8.37. The van der Waals surface area contributed by atoms with Crippen molar-refractivity contribution >= 4 is 15.7 Å². The fourth-order valence-corrected chi connectivity index (χ4v) is 6.21. The van der Waals surface area contributed by atoms with Gasteiger partial charge in [-0.15, -0.1) is 0 Å². The second kappa shape index (κ2) is 9.67. The molecule has 0 bridgehead atoms. The molecule has 1 fully saturated rings. The average Bonchev–Trinajstić information content (AvgIpc) is 3.28. The fourth-order valence-electron chi connectivity index (χ4n) is 4.72. The van der Waals surface area contributed by atoms with Gasteiger partial charge in [-0.2, -0.15) is 0 Å². The van der Waals surface area contributed by atoms with Crippen molar-refractivity contribution in [2.75, 3.05) is 37.6 Å². The van der Waals surface area contributed by atoms with E-state index in [4.69, 9.17) is 4.42 Å². The quantitative estimate of drug-likeness (QED) is 0.560. The SMILES string of the molecule is Cc1cc(C)c(S(=O)(=O)NCC(c2ccco2)N2CCN(c3ccccc3F)CC2)c(C)c1. The van der Waals surface area contributed by atoms with E-state index in [1.165, 1.54) is 6.07 Å². The summed E-state index contributed by atoms with van der Waals surface area (Å²) in [6.07, 6.45) is 1.60. The van der Waals surface area contributed by atoms with Gasteiger partial charge in [-0.3, -0.25) is 4.90 Å². The number of piperazine rings is 1. The highest BCUT2D eigenvalue weighted by Crippen LogP contribution is 2.27. The van der Waals surface area contributed by atoms with Crippen molar-refractivity contribution in [3.8, 4) is 0 Å². The van der Waals surface area contributed by atoms with E-state index in [2.05, 4.69) is 9.62 Å². The Labute approximate surface area is 195 Å². The van der Waals surface area contributed by atoms with Crippen LogP contribution < -0.4 is 9.62 Å². The average molecular weight is 472 g/mol. The van der Waals surface area contributed by atoms with Crippen LogP contribution in [0.25, 0.3) is 0 Å². The van der Waals surface area contributed by atoms with Gasteiger partial charge < -0.3 is 9.32 Å². The third-order valence-corrected chi connectivity index (χ3v) is 7.89. The Morgan fingerprint density at radius 1 is 1.00 bits per heavy atom. The predicted octanol–water partition coefficient (Wildman–Crippen LogP) is 4.19. The van der Waals surface area contributed by atoms with E-state index in [1.807, 2.05) is 49.9 Å². The molecule has 1 aliphatic rings. The lowest BCUT2D eigenvalue weighted by molar-refractivity contribution is 0.166. The molecule has 2 heterocycles. The largest absolute Gasteiger partial charge is 0.468 e. The lowest BCUT2D eigenvalue weighted by Gasteiger charge is -2.39. The Morgan fingerprint density at radius 2 is 1.67 bits per heavy atom. The Bertz CT molecular complexity index is 1180. The van der Waals surface area contributed by atoms with Crippen LogP contribution in [-0.2, 0) is 10.0 Å². The highest BCUT2D eigenvalue weighted by atomic mass is 32.2. The molecule has 2 aromatic carbocycles. The summed E-state index contributed by atoms with van der Waals surface area (Å²) in [4.78, 5) is 4.54. The molecule has 0 radical (unpaired) electrons. The molecule has 1 aliphatic heterocycles. The molecule has 3 aromatic rings. The van der Waals surface area contributed by atoms with Gasteiger partial charge in [0.05, 0.1) is 22.9 Å². The molecule has 176 valence electrons. The summed E-state index contributed by atoms with van der Waals surface area (Å²) in [5.74, 6) is 0.472. The first-order chi connectivity index (χ1) is 15.8. The number of nitrogens with zero attached hydrogens (tertiary/aromatic N) is 2. The number of benzene rings is 2. The van der Waals surface area contributed by atoms with E-state index >= 15 is 0 Å². The van der Waals surface area contributed by atoms with Crippen LogP contribution in [0, 0.1) is 26.6 Å². The summed E-state index contributed by atoms with van der Waals surface area (Å²) < 4.78 is 49.1. The minimum atomic E-state index is -3.70. The predicted molar refractivity (Wildman–Crippen MR) is 127 cm³/mol. The first-order valence-corrected chi connectivity index (χ1v) is 12.6. The summed E-state index contributed by atoms with van der Waals surface area (Å²) in [5, 5.41) is 0. The van der Waals surface area contributed by atoms with Gasteiger partial charge in [0, 0.05) is 32.7 Å². The lowest BCUT2D eigenvalue weighted by Crippen LogP contribution is -2.50. The summed E-state index contributed by atoms with van der Waals surface area (Å²) in [7, 11) is -3.70. The van der Waals surface area contributed by atoms with Crippen molar-refractivity contribution in [3.63, 3.8) is 0 Å². The second-order valence-electron chi connectivity index (χ2n) is 8.59. The molecule has 0 aliphatic carbocycles. The highest BCUT2D eigenvalue weighted by Gasteiger charge is 2.30. The topological polar surface area (TPSA) is 65.8 Å². The van der Waals surface area contributed by atoms with Crippen LogP contribution in [0.1, 0.15) is 28.5 Å². The highest BCUT2D eigenvalue weighted by molar-refractivity contribution is 7.89. The maximum Gasteiger partial charge on any atom is 0.241 e. The van der Waals surface area contributed by atoms with Crippen LogP contribution in [0.2, 0.25) is 0 Å². The van der Waals surface area contributed by atoms with Gasteiger partial charge in [-0.25, -0.2) is 17.5 Å². The molecular formula is C25H30FN3O3S. The molecule has 1 saturated heterocycles. The number of nitrogens with one attached hydrogen (secondary N) is 1. The van der Waals surface area contributed by atoms with E-state index in [-0.39, 0.29) is 18.4 Å². The molecule has 1 unspecified atom stereocenters. The van der Waals surface area contributed by atoms with Crippen molar-refractivity contribution in [2.45, 2.75) is 31.7 Å². The van der Waals surface area contributed by atoms with E-state index in [0.717, 1.165) is 16.7 Å². The van der Waals surface area contributed by atoms with Gasteiger partial charge in [0.1, 0.15) is 11.6 Å². The van der Waals surface area contributed by atoms with Gasteiger partial charge in [0.25, 0.3) is 0 Å². The van der Waals surface area contributed by atoms with Crippen LogP contribution in [0.5, 0.6) is 0 Å². The molecule has 33 heavy (non-hydrogen) atoms. The molecular weight excluding hydrogens is 441 g/mol. The van der Waals surface area contributed by atoms with E-state index < -0.39 is 10.0 Å². The lowest BCUT2D eigenvalue weighted by atomic mass is 10.1. The maximum atomic E-state index is 14.2. The van der Waals surface area contributed by atoms with Crippen molar-refractivity contribution < 1.29 is 17.2 Å². The first kappa shape index (κ1) is 23.5. The molecule has 6 nitrogen and oxygen atoms in total. The molecule has 1 N–H and O–H groups in total. The number of hydrogen-bond acceptors (Lipinski definition) is 5. The Balaban J connectivity index is 1.50. The van der Waals surface area contributed by atoms with Crippen molar-refractivity contribution in [1.82, 2.24) is 9.62 Å². The van der Waals surface area contributed by atoms with Gasteiger partial charge in [-0.1, -0.05) is 29.8 Å². The van der Waals surface area contributed by atoms with Crippen LogP contribution >= 0.6 is 0 Å². The number of aryl methyl sites for hydroxylation is 3. The van der Waals surface area contributed by atoms with Crippen LogP contribution in [0.4, 0.5) is 10.1 Å². The summed E-state index contributed by atoms with van der Waals surface area (Å²) in [5.41, 5.74) is 3.09. The second-order valence-corrected chi connectivity index (χ2v) is 10.3. The number of halogens is 1. The normalized spacial score (nSPS) is 16.2. The molecule has 0 spiro atoms. The first-order valence-electron chi connectivity index (χ1n) is 11.1. The molecule has 4 rings (SSSR count). The van der Waals surface area contributed by atoms with Gasteiger partial charge >= 0.3 is 0 Å². The fraction of sp³-hybridized carbons (Fsp3) is 0.360. The monoisotopic (exact) mass is 471 g/mol. The molecule has 1 aromatic heterocycles. The Hall–Kier alpha value is -2.68. The number of hydrogen-bond donors (Lipinski definition) is 1. The maximum absolute atomic E-state index is 14.2. The Kier molecular flexibility index (Phi) is 6.88. The number of anilines is 1. The number of rotatable bonds is 7. The minimum absolute atomic E-state index is 0.183. The molecule has 0 amide bonds. The zero-order valence-electron chi connectivity index (χ0n) is 19.2. The standard InChI is InChI=1S/C25H30FN3O3S/c1-18-15-19(2)25(20(3)16-18)33(30,31)27-17-23(24-9-6-14-32-24)29-12-10-28(11-13-29)22-8-5-4-7-21(22)26/h4-9,14-16,23,27H,10-13,17H2,1-3H3.